The molecule has 0 unspecified atom stereocenters. The summed E-state index contributed by atoms with van der Waals surface area (Å²) in [6.45, 7) is 4.49. The monoisotopic (exact) mass is 567 g/mol. The molecule has 3 aromatic carbocycles. The van der Waals surface area contributed by atoms with Crippen LogP contribution >= 0.6 is 11.8 Å². The molecular weight excluding hydrogens is 534 g/mol. The molecule has 2 heterocycles. The van der Waals surface area contributed by atoms with Gasteiger partial charge in [-0.1, -0.05) is 80.2 Å². The summed E-state index contributed by atoms with van der Waals surface area (Å²) in [6, 6.07) is 24.3. The highest BCUT2D eigenvalue weighted by atomic mass is 32.2. The zero-order valence-electron chi connectivity index (χ0n) is 23.2. The normalized spacial score (nSPS) is 16.3. The van der Waals surface area contributed by atoms with E-state index >= 15 is 0 Å². The van der Waals surface area contributed by atoms with Crippen LogP contribution in [0, 0.1) is 0 Å². The maximum atomic E-state index is 13.6. The molecule has 0 aliphatic carbocycles. The van der Waals surface area contributed by atoms with Crippen LogP contribution in [0.3, 0.4) is 0 Å². The minimum Gasteiger partial charge on any atom is -0.356 e. The molecule has 0 radical (unpaired) electrons. The van der Waals surface area contributed by atoms with Crippen LogP contribution in [-0.2, 0) is 27.2 Å². The third-order valence-corrected chi connectivity index (χ3v) is 8.36. The van der Waals surface area contributed by atoms with Gasteiger partial charge in [0.2, 0.25) is 11.8 Å². The lowest BCUT2D eigenvalue weighted by atomic mass is 10.1. The molecule has 210 valence electrons. The molecule has 2 N–H and O–H groups in total. The van der Waals surface area contributed by atoms with Crippen LogP contribution in [0.2, 0.25) is 0 Å². The lowest BCUT2D eigenvalue weighted by Gasteiger charge is -2.27. The summed E-state index contributed by atoms with van der Waals surface area (Å²) in [5.74, 6) is -0.245. The van der Waals surface area contributed by atoms with Crippen LogP contribution in [0.15, 0.2) is 88.8 Å². The molecule has 8 nitrogen and oxygen atoms in total. The van der Waals surface area contributed by atoms with Crippen molar-refractivity contribution in [1.29, 1.82) is 0 Å². The Labute approximate surface area is 244 Å². The predicted molar refractivity (Wildman–Crippen MR) is 165 cm³/mol. The number of anilines is 1. The summed E-state index contributed by atoms with van der Waals surface area (Å²) in [5.41, 5.74) is 4.45. The summed E-state index contributed by atoms with van der Waals surface area (Å²) < 4.78 is 0. The van der Waals surface area contributed by atoms with E-state index in [0.29, 0.717) is 36.1 Å². The Balaban J connectivity index is 1.29. The van der Waals surface area contributed by atoms with E-state index in [4.69, 9.17) is 4.99 Å². The van der Waals surface area contributed by atoms with Crippen molar-refractivity contribution in [2.24, 2.45) is 9.98 Å². The number of rotatable bonds is 10. The van der Waals surface area contributed by atoms with Crippen molar-refractivity contribution in [3.8, 4) is 0 Å². The first kappa shape index (κ1) is 28.3. The Morgan fingerprint density at radius 1 is 0.951 bits per heavy atom. The largest absolute Gasteiger partial charge is 0.356 e. The van der Waals surface area contributed by atoms with Crippen molar-refractivity contribution < 1.29 is 14.4 Å². The van der Waals surface area contributed by atoms with Gasteiger partial charge in [0.15, 0.2) is 5.17 Å². The Kier molecular flexibility index (Phi) is 8.94. The van der Waals surface area contributed by atoms with Crippen molar-refractivity contribution in [2.45, 2.75) is 50.8 Å². The molecule has 2 atom stereocenters. The second-order valence-electron chi connectivity index (χ2n) is 9.90. The maximum absolute atomic E-state index is 13.6. The average molecular weight is 568 g/mol. The second kappa shape index (κ2) is 13.0. The van der Waals surface area contributed by atoms with Gasteiger partial charge in [-0.25, -0.2) is 9.89 Å². The third kappa shape index (κ3) is 6.57. The van der Waals surface area contributed by atoms with Crippen LogP contribution in [-0.4, -0.2) is 51.5 Å². The standard InChI is InChI=1S/C32H33N5O3S/c1-3-21-14-16-23(17-15-21)34-30(39)27(4-2)41-32-36-25-13-9-8-12-24(25)29-35-26(31(40)37(29)32)20-28(38)33-19-18-22-10-6-5-7-11-22/h5-17,26-27H,3-4,18-20H2,1-2H3,(H,33,38)(H,34,39)/t26-,27-/m0/s1. The van der Waals surface area contributed by atoms with E-state index in [2.05, 4.69) is 22.5 Å². The van der Waals surface area contributed by atoms with E-state index in [1.165, 1.54) is 22.2 Å². The van der Waals surface area contributed by atoms with Gasteiger partial charge in [0.25, 0.3) is 5.91 Å². The van der Waals surface area contributed by atoms with Gasteiger partial charge in [-0.05, 0) is 54.7 Å². The number of hydrogen-bond donors (Lipinski definition) is 2. The van der Waals surface area contributed by atoms with Gasteiger partial charge < -0.3 is 10.6 Å². The van der Waals surface area contributed by atoms with Crippen molar-refractivity contribution in [3.05, 3.63) is 95.6 Å². The number of carbonyl (C=O) groups excluding carboxylic acids is 3. The number of thioether (sulfide) groups is 1. The lowest BCUT2D eigenvalue weighted by molar-refractivity contribution is -0.128. The van der Waals surface area contributed by atoms with Gasteiger partial charge >= 0.3 is 0 Å². The smallest absolute Gasteiger partial charge is 0.259 e. The summed E-state index contributed by atoms with van der Waals surface area (Å²) in [6.07, 6.45) is 2.11. The number of benzene rings is 3. The molecule has 3 aromatic rings. The van der Waals surface area contributed by atoms with E-state index < -0.39 is 11.3 Å². The Bertz CT molecular complexity index is 1490. The van der Waals surface area contributed by atoms with E-state index in [1.54, 1.807) is 0 Å². The Morgan fingerprint density at radius 3 is 2.41 bits per heavy atom. The number of carbonyl (C=O) groups is 3. The fourth-order valence-electron chi connectivity index (χ4n) is 4.75. The van der Waals surface area contributed by atoms with Gasteiger partial charge in [0.05, 0.1) is 17.4 Å². The minimum absolute atomic E-state index is 0.0564. The molecule has 9 heteroatoms. The molecule has 2 aliphatic rings. The van der Waals surface area contributed by atoms with Crippen molar-refractivity contribution >= 4 is 51.9 Å². The SMILES string of the molecule is CCc1ccc(NC(=O)[C@H](CC)SC2=Nc3ccccc3C3=N[C@@H](CC(=O)NCCc4ccccc4)C(=O)N23)cc1. The van der Waals surface area contributed by atoms with E-state index in [9.17, 15) is 14.4 Å². The number of hydrogen-bond acceptors (Lipinski definition) is 6. The minimum atomic E-state index is -0.857. The zero-order chi connectivity index (χ0) is 28.8. The van der Waals surface area contributed by atoms with Crippen molar-refractivity contribution in [2.75, 3.05) is 11.9 Å². The van der Waals surface area contributed by atoms with Crippen LogP contribution < -0.4 is 10.6 Å². The zero-order valence-corrected chi connectivity index (χ0v) is 24.0. The molecule has 0 spiro atoms. The number of aliphatic imine (C=N–C) groups is 2. The molecular formula is C32H33N5O3S. The van der Waals surface area contributed by atoms with Crippen LogP contribution in [0.1, 0.15) is 43.4 Å². The topological polar surface area (TPSA) is 103 Å². The highest BCUT2D eigenvalue weighted by molar-refractivity contribution is 8.15. The highest BCUT2D eigenvalue weighted by Crippen LogP contribution is 2.35. The fraction of sp³-hybridized carbons (Fsp3) is 0.281. The number of aryl methyl sites for hydroxylation is 1. The highest BCUT2D eigenvalue weighted by Gasteiger charge is 2.43. The molecule has 41 heavy (non-hydrogen) atoms. The number of fused-ring (bicyclic) bond motifs is 3. The summed E-state index contributed by atoms with van der Waals surface area (Å²) in [5, 5.41) is 5.80. The Hall–Kier alpha value is -4.24. The number of amidine groups is 2. The first-order valence-corrected chi connectivity index (χ1v) is 14.8. The van der Waals surface area contributed by atoms with E-state index in [0.717, 1.165) is 23.2 Å². The fourth-order valence-corrected chi connectivity index (χ4v) is 5.77. The third-order valence-electron chi connectivity index (χ3n) is 7.05. The molecule has 0 saturated heterocycles. The van der Waals surface area contributed by atoms with E-state index in [-0.39, 0.29) is 24.1 Å². The van der Waals surface area contributed by atoms with Gasteiger partial charge in [0, 0.05) is 17.8 Å². The number of nitrogens with one attached hydrogen (secondary N) is 2. The lowest BCUT2D eigenvalue weighted by Crippen LogP contribution is -2.43. The summed E-state index contributed by atoms with van der Waals surface area (Å²) in [4.78, 5) is 50.5. The maximum Gasteiger partial charge on any atom is 0.259 e. The predicted octanol–water partition coefficient (Wildman–Crippen LogP) is 5.11. The van der Waals surface area contributed by atoms with Crippen LogP contribution in [0.25, 0.3) is 0 Å². The summed E-state index contributed by atoms with van der Waals surface area (Å²) in [7, 11) is 0. The van der Waals surface area contributed by atoms with Crippen LogP contribution in [0.4, 0.5) is 11.4 Å². The average Bonchev–Trinajstić information content (AvgIpc) is 3.32. The molecule has 3 amide bonds. The van der Waals surface area contributed by atoms with Crippen molar-refractivity contribution in [1.82, 2.24) is 10.2 Å². The van der Waals surface area contributed by atoms with Gasteiger partial charge in [-0.3, -0.25) is 19.4 Å². The van der Waals surface area contributed by atoms with Gasteiger partial charge in [-0.15, -0.1) is 0 Å². The van der Waals surface area contributed by atoms with Crippen LogP contribution in [0.5, 0.6) is 0 Å². The Morgan fingerprint density at radius 2 is 1.68 bits per heavy atom. The van der Waals surface area contributed by atoms with Gasteiger partial charge in [-0.2, -0.15) is 0 Å². The molecule has 0 saturated carbocycles. The molecule has 5 rings (SSSR count). The molecule has 0 fully saturated rings. The molecule has 0 aromatic heterocycles. The molecule has 0 bridgehead atoms. The molecule has 2 aliphatic heterocycles. The van der Waals surface area contributed by atoms with E-state index in [1.807, 2.05) is 85.8 Å². The first-order valence-electron chi connectivity index (χ1n) is 13.9. The number of para-hydroxylation sites is 1. The number of amides is 3. The quantitative estimate of drug-likeness (QED) is 0.356. The first-order chi connectivity index (χ1) is 20.0. The number of nitrogens with zero attached hydrogens (tertiary/aromatic N) is 3. The summed E-state index contributed by atoms with van der Waals surface area (Å²) >= 11 is 1.24. The van der Waals surface area contributed by atoms with Crippen molar-refractivity contribution in [3.63, 3.8) is 0 Å². The second-order valence-corrected chi connectivity index (χ2v) is 11.1. The van der Waals surface area contributed by atoms with Gasteiger partial charge in [0.1, 0.15) is 11.9 Å².